The molecule has 0 aliphatic carbocycles. The molecule has 26 heavy (non-hydrogen) atoms. The van der Waals surface area contributed by atoms with Crippen LogP contribution in [0.25, 0.3) is 22.2 Å². The summed E-state index contributed by atoms with van der Waals surface area (Å²) in [5, 5.41) is 1.38. The third-order valence-electron chi connectivity index (χ3n) is 5.37. The van der Waals surface area contributed by atoms with Crippen molar-refractivity contribution in [1.82, 2.24) is 4.98 Å². The second kappa shape index (κ2) is 8.79. The first-order chi connectivity index (χ1) is 12.7. The highest BCUT2D eigenvalue weighted by Crippen LogP contribution is 2.37. The van der Waals surface area contributed by atoms with E-state index in [1.54, 1.807) is 0 Å². The number of fused-ring (bicyclic) bond motifs is 1. The number of aromatic nitrogens is 1. The van der Waals surface area contributed by atoms with Crippen LogP contribution in [0.15, 0.2) is 47.4 Å². The summed E-state index contributed by atoms with van der Waals surface area (Å²) in [5.74, 6) is 0.591. The molecule has 138 valence electrons. The molecule has 0 radical (unpaired) electrons. The van der Waals surface area contributed by atoms with E-state index in [1.807, 2.05) is 11.8 Å². The van der Waals surface area contributed by atoms with Gasteiger partial charge in [-0.05, 0) is 73.7 Å². The Balaban J connectivity index is 2.16. The Kier molecular flexibility index (Phi) is 6.44. The van der Waals surface area contributed by atoms with Gasteiger partial charge in [0.15, 0.2) is 0 Å². The topological polar surface area (TPSA) is 41.8 Å². The summed E-state index contributed by atoms with van der Waals surface area (Å²) in [6, 6.07) is 15.6. The van der Waals surface area contributed by atoms with Crippen molar-refractivity contribution in [3.63, 3.8) is 0 Å². The fourth-order valence-electron chi connectivity index (χ4n) is 3.59. The molecular formula is C23H30N2S. The number of hydrogen-bond acceptors (Lipinski definition) is 2. The van der Waals surface area contributed by atoms with E-state index in [2.05, 4.69) is 67.6 Å². The summed E-state index contributed by atoms with van der Waals surface area (Å²) in [7, 11) is 0. The van der Waals surface area contributed by atoms with Crippen molar-refractivity contribution < 1.29 is 0 Å². The van der Waals surface area contributed by atoms with Crippen LogP contribution in [0.4, 0.5) is 0 Å². The molecule has 2 nitrogen and oxygen atoms in total. The molecule has 0 saturated heterocycles. The zero-order valence-electron chi connectivity index (χ0n) is 16.1. The largest absolute Gasteiger partial charge is 0.354 e. The molecule has 1 atom stereocenters. The molecule has 0 bridgehead atoms. The van der Waals surface area contributed by atoms with Gasteiger partial charge in [0.2, 0.25) is 0 Å². The lowest BCUT2D eigenvalue weighted by molar-refractivity contribution is 0.734. The number of benzene rings is 2. The molecule has 0 fully saturated rings. The molecule has 2 aromatic carbocycles. The standard InChI is InChI=1S/C23H30N2S/c1-4-16(2)17-12-13-21-20(15-17)18(9-7-8-14-24)23(25-21)19-10-5-6-11-22(19)26-3/h5-6,10-13,15-16,25H,4,7-9,14,24H2,1-3H3. The van der Waals surface area contributed by atoms with Gasteiger partial charge < -0.3 is 10.7 Å². The minimum Gasteiger partial charge on any atom is -0.354 e. The van der Waals surface area contributed by atoms with Gasteiger partial charge in [0.25, 0.3) is 0 Å². The minimum atomic E-state index is 0.591. The van der Waals surface area contributed by atoms with Crippen molar-refractivity contribution in [2.75, 3.05) is 12.8 Å². The Morgan fingerprint density at radius 3 is 2.65 bits per heavy atom. The van der Waals surface area contributed by atoms with Crippen molar-refractivity contribution >= 4 is 22.7 Å². The van der Waals surface area contributed by atoms with Gasteiger partial charge >= 0.3 is 0 Å². The van der Waals surface area contributed by atoms with Crippen LogP contribution in [0.2, 0.25) is 0 Å². The number of unbranched alkanes of at least 4 members (excludes halogenated alkanes) is 1. The Morgan fingerprint density at radius 2 is 1.92 bits per heavy atom. The normalized spacial score (nSPS) is 12.6. The van der Waals surface area contributed by atoms with Gasteiger partial charge in [0, 0.05) is 21.4 Å². The molecule has 3 heteroatoms. The lowest BCUT2D eigenvalue weighted by Gasteiger charge is -2.11. The monoisotopic (exact) mass is 366 g/mol. The average Bonchev–Trinajstić information content (AvgIpc) is 3.05. The van der Waals surface area contributed by atoms with E-state index in [1.165, 1.54) is 44.6 Å². The van der Waals surface area contributed by atoms with E-state index in [-0.39, 0.29) is 0 Å². The number of aromatic amines is 1. The van der Waals surface area contributed by atoms with Crippen LogP contribution in [0.5, 0.6) is 0 Å². The molecule has 3 N–H and O–H groups in total. The smallest absolute Gasteiger partial charge is 0.0508 e. The van der Waals surface area contributed by atoms with Crippen LogP contribution in [0.3, 0.4) is 0 Å². The van der Waals surface area contributed by atoms with Gasteiger partial charge in [-0.25, -0.2) is 0 Å². The SMILES string of the molecule is CCC(C)c1ccc2[nH]c(-c3ccccc3SC)c(CCCCN)c2c1. The number of hydrogen-bond donors (Lipinski definition) is 2. The summed E-state index contributed by atoms with van der Waals surface area (Å²) < 4.78 is 0. The van der Waals surface area contributed by atoms with Crippen molar-refractivity contribution in [2.45, 2.75) is 50.3 Å². The zero-order valence-corrected chi connectivity index (χ0v) is 17.0. The van der Waals surface area contributed by atoms with Gasteiger partial charge in [-0.3, -0.25) is 0 Å². The number of thioether (sulfide) groups is 1. The lowest BCUT2D eigenvalue weighted by Crippen LogP contribution is -1.99. The summed E-state index contributed by atoms with van der Waals surface area (Å²) in [6.45, 7) is 5.33. The summed E-state index contributed by atoms with van der Waals surface area (Å²) in [6.07, 6.45) is 6.59. The Bertz CT molecular complexity index is 866. The molecular weight excluding hydrogens is 336 g/mol. The summed E-state index contributed by atoms with van der Waals surface area (Å²) in [4.78, 5) is 5.04. The Morgan fingerprint density at radius 1 is 1.12 bits per heavy atom. The van der Waals surface area contributed by atoms with E-state index in [4.69, 9.17) is 5.73 Å². The number of nitrogens with one attached hydrogen (secondary N) is 1. The van der Waals surface area contributed by atoms with Crippen LogP contribution in [0.1, 0.15) is 50.2 Å². The van der Waals surface area contributed by atoms with Crippen LogP contribution >= 0.6 is 11.8 Å². The highest BCUT2D eigenvalue weighted by molar-refractivity contribution is 7.98. The highest BCUT2D eigenvalue weighted by atomic mass is 32.2. The molecule has 0 saturated carbocycles. The zero-order chi connectivity index (χ0) is 18.5. The number of rotatable bonds is 8. The number of H-pyrrole nitrogens is 1. The second-order valence-electron chi connectivity index (χ2n) is 7.04. The first-order valence-corrected chi connectivity index (χ1v) is 10.9. The second-order valence-corrected chi connectivity index (χ2v) is 7.89. The maximum Gasteiger partial charge on any atom is 0.0508 e. The van der Waals surface area contributed by atoms with Crippen molar-refractivity contribution in [2.24, 2.45) is 5.73 Å². The highest BCUT2D eigenvalue weighted by Gasteiger charge is 2.16. The first kappa shape index (κ1) is 19.1. The van der Waals surface area contributed by atoms with Crippen LogP contribution in [-0.4, -0.2) is 17.8 Å². The third kappa shape index (κ3) is 3.84. The van der Waals surface area contributed by atoms with Gasteiger partial charge in [0.1, 0.15) is 0 Å². The molecule has 0 amide bonds. The quantitative estimate of drug-likeness (QED) is 0.360. The van der Waals surface area contributed by atoms with E-state index in [9.17, 15) is 0 Å². The van der Waals surface area contributed by atoms with Crippen molar-refractivity contribution in [3.05, 3.63) is 53.6 Å². The van der Waals surface area contributed by atoms with E-state index >= 15 is 0 Å². The van der Waals surface area contributed by atoms with Gasteiger partial charge in [-0.2, -0.15) is 0 Å². The number of nitrogens with two attached hydrogens (primary N) is 1. The van der Waals surface area contributed by atoms with Crippen molar-refractivity contribution in [3.8, 4) is 11.3 Å². The first-order valence-electron chi connectivity index (χ1n) is 9.67. The maximum absolute atomic E-state index is 5.75. The predicted molar refractivity (Wildman–Crippen MR) is 116 cm³/mol. The minimum absolute atomic E-state index is 0.591. The molecule has 0 aliphatic rings. The predicted octanol–water partition coefficient (Wildman–Crippen LogP) is 6.35. The molecule has 0 aliphatic heterocycles. The number of aryl methyl sites for hydroxylation is 1. The van der Waals surface area contributed by atoms with Gasteiger partial charge in [0.05, 0.1) is 5.69 Å². The molecule has 3 aromatic rings. The lowest BCUT2D eigenvalue weighted by atomic mass is 9.94. The van der Waals surface area contributed by atoms with Gasteiger partial charge in [-0.1, -0.05) is 38.1 Å². The van der Waals surface area contributed by atoms with E-state index in [0.29, 0.717) is 5.92 Å². The fraction of sp³-hybridized carbons (Fsp3) is 0.391. The third-order valence-corrected chi connectivity index (χ3v) is 6.16. The summed E-state index contributed by atoms with van der Waals surface area (Å²) in [5.41, 5.74) is 12.5. The van der Waals surface area contributed by atoms with Gasteiger partial charge in [-0.15, -0.1) is 11.8 Å². The molecule has 0 spiro atoms. The van der Waals surface area contributed by atoms with Crippen molar-refractivity contribution in [1.29, 1.82) is 0 Å². The van der Waals surface area contributed by atoms with E-state index in [0.717, 1.165) is 25.8 Å². The molecule has 3 rings (SSSR count). The van der Waals surface area contributed by atoms with Crippen LogP contribution in [-0.2, 0) is 6.42 Å². The average molecular weight is 367 g/mol. The Hall–Kier alpha value is -1.71. The molecule has 1 aromatic heterocycles. The van der Waals surface area contributed by atoms with E-state index < -0.39 is 0 Å². The Labute approximate surface area is 161 Å². The maximum atomic E-state index is 5.75. The van der Waals surface area contributed by atoms with Crippen LogP contribution < -0.4 is 5.73 Å². The van der Waals surface area contributed by atoms with Crippen LogP contribution in [0, 0.1) is 0 Å². The summed E-state index contributed by atoms with van der Waals surface area (Å²) >= 11 is 1.81. The fourth-order valence-corrected chi connectivity index (χ4v) is 4.20. The molecule has 1 unspecified atom stereocenters. The molecule has 1 heterocycles.